The van der Waals surface area contributed by atoms with Crippen molar-refractivity contribution in [1.82, 2.24) is 5.32 Å². The molecule has 0 fully saturated rings. The molecule has 0 radical (unpaired) electrons. The van der Waals surface area contributed by atoms with Crippen molar-refractivity contribution in [2.24, 2.45) is 0 Å². The number of rotatable bonds is 7. The van der Waals surface area contributed by atoms with E-state index in [0.717, 1.165) is 0 Å². The molecule has 0 heterocycles. The number of nitrogens with one attached hydrogen (secondary N) is 1. The van der Waals surface area contributed by atoms with Gasteiger partial charge in [-0.05, 0) is 38.9 Å². The van der Waals surface area contributed by atoms with Crippen LogP contribution in [0.2, 0.25) is 0 Å². The Labute approximate surface area is 110 Å². The van der Waals surface area contributed by atoms with Crippen LogP contribution in [-0.4, -0.2) is 33.5 Å². The fraction of sp³-hybridized carbons (Fsp3) is 0.600. The topological polar surface area (TPSA) is 30.5 Å². The fourth-order valence-electron chi connectivity index (χ4n) is 2.01. The van der Waals surface area contributed by atoms with Gasteiger partial charge in [0.1, 0.15) is 0 Å². The normalized spacial score (nSPS) is 14.5. The molecule has 0 aliphatic rings. The van der Waals surface area contributed by atoms with Crippen LogP contribution in [0, 0.1) is 13.8 Å². The summed E-state index contributed by atoms with van der Waals surface area (Å²) >= 11 is 0. The zero-order chi connectivity index (χ0) is 13.5. The highest BCUT2D eigenvalue weighted by Gasteiger charge is 2.13. The van der Waals surface area contributed by atoms with E-state index in [1.807, 2.05) is 14.0 Å². The summed E-state index contributed by atoms with van der Waals surface area (Å²) in [5.74, 6) is 0. The molecule has 0 bridgehead atoms. The zero-order valence-electron chi connectivity index (χ0n) is 12.1. The lowest BCUT2D eigenvalue weighted by atomic mass is 9.99. The third kappa shape index (κ3) is 4.41. The van der Waals surface area contributed by atoms with Gasteiger partial charge in [-0.3, -0.25) is 0 Å². The molecule has 0 amide bonds. The Morgan fingerprint density at radius 1 is 1.22 bits per heavy atom. The van der Waals surface area contributed by atoms with E-state index < -0.39 is 0 Å². The van der Waals surface area contributed by atoms with Crippen molar-refractivity contribution in [1.29, 1.82) is 0 Å². The summed E-state index contributed by atoms with van der Waals surface area (Å²) in [6.07, 6.45) is 0.121. The fourth-order valence-corrected chi connectivity index (χ4v) is 2.01. The molecule has 0 saturated heterocycles. The Hall–Kier alpha value is -0.900. The SMILES string of the molecule is CNC(COC(C)COC)c1cc(C)ccc1C. The van der Waals surface area contributed by atoms with Gasteiger partial charge < -0.3 is 14.8 Å². The van der Waals surface area contributed by atoms with Gasteiger partial charge in [0.05, 0.1) is 25.4 Å². The van der Waals surface area contributed by atoms with E-state index in [4.69, 9.17) is 9.47 Å². The van der Waals surface area contributed by atoms with Gasteiger partial charge in [0.2, 0.25) is 0 Å². The number of ether oxygens (including phenoxy) is 2. The van der Waals surface area contributed by atoms with E-state index in [0.29, 0.717) is 13.2 Å². The Kier molecular flexibility index (Phi) is 6.33. The molecule has 0 aliphatic carbocycles. The first kappa shape index (κ1) is 15.2. The molecule has 3 heteroatoms. The molecule has 1 aromatic carbocycles. The Morgan fingerprint density at radius 2 is 1.94 bits per heavy atom. The molecule has 0 saturated carbocycles. The van der Waals surface area contributed by atoms with E-state index in [1.165, 1.54) is 16.7 Å². The summed E-state index contributed by atoms with van der Waals surface area (Å²) in [7, 11) is 3.66. The lowest BCUT2D eigenvalue weighted by Crippen LogP contribution is -2.26. The molecule has 0 aliphatic heterocycles. The van der Waals surface area contributed by atoms with Crippen molar-refractivity contribution in [2.45, 2.75) is 32.9 Å². The number of hydrogen-bond donors (Lipinski definition) is 1. The van der Waals surface area contributed by atoms with E-state index in [1.54, 1.807) is 7.11 Å². The highest BCUT2D eigenvalue weighted by molar-refractivity contribution is 5.33. The van der Waals surface area contributed by atoms with Gasteiger partial charge in [0.25, 0.3) is 0 Å². The number of aryl methyl sites for hydroxylation is 2. The van der Waals surface area contributed by atoms with Crippen LogP contribution in [0.1, 0.15) is 29.7 Å². The van der Waals surface area contributed by atoms with Gasteiger partial charge in [0, 0.05) is 7.11 Å². The molecule has 2 unspecified atom stereocenters. The number of benzene rings is 1. The molecule has 2 atom stereocenters. The third-order valence-electron chi connectivity index (χ3n) is 3.11. The van der Waals surface area contributed by atoms with E-state index >= 15 is 0 Å². The summed E-state index contributed by atoms with van der Waals surface area (Å²) in [4.78, 5) is 0. The van der Waals surface area contributed by atoms with Gasteiger partial charge in [-0.2, -0.15) is 0 Å². The largest absolute Gasteiger partial charge is 0.382 e. The lowest BCUT2D eigenvalue weighted by molar-refractivity contribution is 0.000147. The third-order valence-corrected chi connectivity index (χ3v) is 3.11. The van der Waals surface area contributed by atoms with E-state index in [9.17, 15) is 0 Å². The van der Waals surface area contributed by atoms with Crippen LogP contribution in [0.3, 0.4) is 0 Å². The maximum atomic E-state index is 5.80. The Balaban J connectivity index is 2.68. The van der Waals surface area contributed by atoms with Gasteiger partial charge in [0.15, 0.2) is 0 Å². The molecule has 18 heavy (non-hydrogen) atoms. The Morgan fingerprint density at radius 3 is 2.56 bits per heavy atom. The molecule has 0 aromatic heterocycles. The van der Waals surface area contributed by atoms with Crippen molar-refractivity contribution in [2.75, 3.05) is 27.4 Å². The van der Waals surface area contributed by atoms with Crippen molar-refractivity contribution in [3.05, 3.63) is 34.9 Å². The number of hydrogen-bond acceptors (Lipinski definition) is 3. The van der Waals surface area contributed by atoms with E-state index in [2.05, 4.69) is 37.4 Å². The second-order valence-corrected chi connectivity index (χ2v) is 4.80. The first-order valence-corrected chi connectivity index (χ1v) is 6.43. The zero-order valence-corrected chi connectivity index (χ0v) is 12.1. The van der Waals surface area contributed by atoms with Crippen LogP contribution < -0.4 is 5.32 Å². The average molecular weight is 251 g/mol. The predicted octanol–water partition coefficient (Wildman–Crippen LogP) is 2.62. The molecule has 1 aromatic rings. The molecule has 102 valence electrons. The first-order valence-electron chi connectivity index (χ1n) is 6.43. The summed E-state index contributed by atoms with van der Waals surface area (Å²) in [6, 6.07) is 6.75. The highest BCUT2D eigenvalue weighted by Crippen LogP contribution is 2.19. The second-order valence-electron chi connectivity index (χ2n) is 4.80. The highest BCUT2D eigenvalue weighted by atomic mass is 16.5. The molecule has 1 rings (SSSR count). The maximum absolute atomic E-state index is 5.80. The molecular formula is C15H25NO2. The van der Waals surface area contributed by atoms with Crippen LogP contribution in [-0.2, 0) is 9.47 Å². The monoisotopic (exact) mass is 251 g/mol. The van der Waals surface area contributed by atoms with Crippen molar-refractivity contribution in [3.63, 3.8) is 0 Å². The molecule has 3 nitrogen and oxygen atoms in total. The van der Waals surface area contributed by atoms with E-state index in [-0.39, 0.29) is 12.1 Å². The van der Waals surface area contributed by atoms with Crippen molar-refractivity contribution in [3.8, 4) is 0 Å². The standard InChI is InChI=1S/C15H25NO2/c1-11-6-7-12(2)14(8-11)15(16-4)10-18-13(3)9-17-5/h6-8,13,15-16H,9-10H2,1-5H3. The predicted molar refractivity (Wildman–Crippen MR) is 75.0 cm³/mol. The summed E-state index contributed by atoms with van der Waals surface area (Å²) < 4.78 is 10.9. The number of methoxy groups -OCH3 is 1. The second kappa shape index (κ2) is 7.52. The minimum atomic E-state index is 0.121. The average Bonchev–Trinajstić information content (AvgIpc) is 2.34. The Bertz CT molecular complexity index is 366. The van der Waals surface area contributed by atoms with Crippen LogP contribution in [0.15, 0.2) is 18.2 Å². The minimum Gasteiger partial charge on any atom is -0.382 e. The maximum Gasteiger partial charge on any atom is 0.0781 e. The van der Waals surface area contributed by atoms with Crippen LogP contribution in [0.25, 0.3) is 0 Å². The quantitative estimate of drug-likeness (QED) is 0.808. The van der Waals surface area contributed by atoms with Crippen LogP contribution >= 0.6 is 0 Å². The van der Waals surface area contributed by atoms with Gasteiger partial charge in [-0.25, -0.2) is 0 Å². The molecule has 0 spiro atoms. The number of likely N-dealkylation sites (N-methyl/N-ethyl adjacent to an activating group) is 1. The van der Waals surface area contributed by atoms with Crippen LogP contribution in [0.5, 0.6) is 0 Å². The molecule has 1 N–H and O–H groups in total. The van der Waals surface area contributed by atoms with Gasteiger partial charge >= 0.3 is 0 Å². The van der Waals surface area contributed by atoms with Crippen molar-refractivity contribution < 1.29 is 9.47 Å². The first-order chi connectivity index (χ1) is 8.58. The molecular weight excluding hydrogens is 226 g/mol. The lowest BCUT2D eigenvalue weighted by Gasteiger charge is -2.21. The minimum absolute atomic E-state index is 0.121. The smallest absolute Gasteiger partial charge is 0.0781 e. The summed E-state index contributed by atoms with van der Waals surface area (Å²) in [5, 5.41) is 3.32. The summed E-state index contributed by atoms with van der Waals surface area (Å²) in [5.41, 5.74) is 3.88. The van der Waals surface area contributed by atoms with Crippen molar-refractivity contribution >= 4 is 0 Å². The summed E-state index contributed by atoms with van der Waals surface area (Å²) in [6.45, 7) is 7.57. The van der Waals surface area contributed by atoms with Gasteiger partial charge in [-0.1, -0.05) is 23.8 Å². The van der Waals surface area contributed by atoms with Crippen LogP contribution in [0.4, 0.5) is 0 Å². The van der Waals surface area contributed by atoms with Gasteiger partial charge in [-0.15, -0.1) is 0 Å².